The molecule has 1 aromatic carbocycles. The highest BCUT2D eigenvalue weighted by molar-refractivity contribution is 5.98. The quantitative estimate of drug-likeness (QED) is 0.439. The first-order valence-corrected chi connectivity index (χ1v) is 12.8. The van der Waals surface area contributed by atoms with Gasteiger partial charge in [0.05, 0.1) is 13.2 Å². The van der Waals surface area contributed by atoms with E-state index in [0.717, 1.165) is 31.5 Å². The van der Waals surface area contributed by atoms with Crippen molar-refractivity contribution in [1.82, 2.24) is 14.9 Å². The fourth-order valence-corrected chi connectivity index (χ4v) is 4.42. The molecular weight excluding hydrogens is 474 g/mol. The lowest BCUT2D eigenvalue weighted by Crippen LogP contribution is -2.38. The number of rotatable bonds is 8. The molecule has 10 nitrogen and oxygen atoms in total. The van der Waals surface area contributed by atoms with Gasteiger partial charge in [-0.25, -0.2) is 9.78 Å². The number of benzene rings is 1. The highest BCUT2D eigenvalue weighted by Crippen LogP contribution is 2.25. The summed E-state index contributed by atoms with van der Waals surface area (Å²) < 4.78 is 5.48. The van der Waals surface area contributed by atoms with Gasteiger partial charge in [-0.3, -0.25) is 4.79 Å². The maximum Gasteiger partial charge on any atom is 0.503 e. The van der Waals surface area contributed by atoms with Crippen LogP contribution in [0.15, 0.2) is 48.7 Å². The van der Waals surface area contributed by atoms with Gasteiger partial charge in [0.2, 0.25) is 5.95 Å². The average Bonchev–Trinajstić information content (AvgIpc) is 2.92. The smallest absolute Gasteiger partial charge is 0.450 e. The SMILES string of the molecule is C/C=C/CN(Cc1ccccc1)C(=O)c1cnc(N2CCOCC2)nc1NC1CCCCC1.O=C(O)O. The summed E-state index contributed by atoms with van der Waals surface area (Å²) in [5, 5.41) is 17.6. The maximum atomic E-state index is 13.7. The highest BCUT2D eigenvalue weighted by Gasteiger charge is 2.25. The maximum absolute atomic E-state index is 13.7. The number of amides is 1. The number of carbonyl (C=O) groups is 2. The molecule has 37 heavy (non-hydrogen) atoms. The van der Waals surface area contributed by atoms with Crippen molar-refractivity contribution in [2.75, 3.05) is 43.1 Å². The van der Waals surface area contributed by atoms with Gasteiger partial charge in [0.25, 0.3) is 5.91 Å². The number of ether oxygens (including phenoxy) is 1. The summed E-state index contributed by atoms with van der Waals surface area (Å²) >= 11 is 0. The predicted octanol–water partition coefficient (Wildman–Crippen LogP) is 4.50. The summed E-state index contributed by atoms with van der Waals surface area (Å²) in [7, 11) is 0. The Morgan fingerprint density at radius 2 is 1.81 bits per heavy atom. The molecule has 2 fully saturated rings. The van der Waals surface area contributed by atoms with Gasteiger partial charge < -0.3 is 30.1 Å². The number of nitrogens with zero attached hydrogens (tertiary/aromatic N) is 4. The molecule has 0 atom stereocenters. The molecule has 0 unspecified atom stereocenters. The number of carbonyl (C=O) groups excluding carboxylic acids is 1. The second-order valence-electron chi connectivity index (χ2n) is 9.03. The standard InChI is InChI=1S/C26H35N5O2.CH2O3/c1-2-3-14-31(20-21-10-6-4-7-11-21)25(32)23-19-27-26(30-15-17-33-18-16-30)29-24(23)28-22-12-8-5-9-13-22;2-1(3)4/h2-4,6-7,10-11,19,22H,5,8-9,12-18,20H2,1H3,(H,27,28,29);(H2,2,3,4)/b3-2+;. The van der Waals surface area contributed by atoms with Gasteiger partial charge in [-0.15, -0.1) is 0 Å². The molecule has 1 saturated heterocycles. The molecule has 1 aromatic heterocycles. The fraction of sp³-hybridized carbons (Fsp3) is 0.481. The molecule has 2 heterocycles. The van der Waals surface area contributed by atoms with Crippen LogP contribution in [-0.2, 0) is 11.3 Å². The minimum absolute atomic E-state index is 0.0520. The summed E-state index contributed by atoms with van der Waals surface area (Å²) in [5.41, 5.74) is 1.64. The zero-order chi connectivity index (χ0) is 26.5. The van der Waals surface area contributed by atoms with Gasteiger partial charge in [0.1, 0.15) is 11.4 Å². The van der Waals surface area contributed by atoms with Gasteiger partial charge in [-0.1, -0.05) is 61.7 Å². The molecule has 0 radical (unpaired) electrons. The molecule has 0 bridgehead atoms. The van der Waals surface area contributed by atoms with Crippen molar-refractivity contribution >= 4 is 23.8 Å². The van der Waals surface area contributed by atoms with Crippen LogP contribution in [0.5, 0.6) is 0 Å². The largest absolute Gasteiger partial charge is 0.503 e. The molecule has 1 aliphatic carbocycles. The number of allylic oxidation sites excluding steroid dienone is 1. The van der Waals surface area contributed by atoms with Crippen LogP contribution < -0.4 is 10.2 Å². The minimum Gasteiger partial charge on any atom is -0.450 e. The van der Waals surface area contributed by atoms with E-state index >= 15 is 0 Å². The van der Waals surface area contributed by atoms with Crippen molar-refractivity contribution in [3.63, 3.8) is 0 Å². The van der Waals surface area contributed by atoms with Crippen molar-refractivity contribution < 1.29 is 24.5 Å². The van der Waals surface area contributed by atoms with Crippen molar-refractivity contribution in [2.45, 2.75) is 51.6 Å². The van der Waals surface area contributed by atoms with Crippen molar-refractivity contribution in [1.29, 1.82) is 0 Å². The average molecular weight is 512 g/mol. The summed E-state index contributed by atoms with van der Waals surface area (Å²) in [6.45, 7) is 5.92. The molecule has 1 saturated carbocycles. The Labute approximate surface area is 218 Å². The van der Waals surface area contributed by atoms with Crippen LogP contribution in [0.1, 0.15) is 54.9 Å². The Bertz CT molecular complexity index is 1020. The first kappa shape index (κ1) is 27.9. The highest BCUT2D eigenvalue weighted by atomic mass is 16.6. The first-order chi connectivity index (χ1) is 18.0. The second-order valence-corrected chi connectivity index (χ2v) is 9.03. The number of carboxylic acid groups (broad SMARTS) is 2. The predicted molar refractivity (Wildman–Crippen MR) is 142 cm³/mol. The Morgan fingerprint density at radius 1 is 1.14 bits per heavy atom. The molecule has 1 amide bonds. The lowest BCUT2D eigenvalue weighted by atomic mass is 9.95. The van der Waals surface area contributed by atoms with Crippen LogP contribution in [0.25, 0.3) is 0 Å². The molecule has 2 aromatic rings. The molecule has 2 aliphatic rings. The van der Waals surface area contributed by atoms with E-state index in [-0.39, 0.29) is 5.91 Å². The third kappa shape index (κ3) is 9.05. The normalized spacial score (nSPS) is 16.1. The third-order valence-electron chi connectivity index (χ3n) is 6.31. The van der Waals surface area contributed by atoms with E-state index in [9.17, 15) is 4.79 Å². The molecular formula is C27H37N5O5. The number of hydrogen-bond donors (Lipinski definition) is 3. The second kappa shape index (κ2) is 14.8. The van der Waals surface area contributed by atoms with E-state index in [1.54, 1.807) is 6.20 Å². The summed E-state index contributed by atoms with van der Waals surface area (Å²) in [6, 6.07) is 10.4. The van der Waals surface area contributed by atoms with E-state index in [1.807, 2.05) is 42.2 Å². The summed E-state index contributed by atoms with van der Waals surface area (Å²) in [4.78, 5) is 35.7. The van der Waals surface area contributed by atoms with Crippen molar-refractivity contribution in [3.05, 3.63) is 59.8 Å². The molecule has 10 heteroatoms. The molecule has 4 rings (SSSR count). The Kier molecular flexibility index (Phi) is 11.2. The van der Waals surface area contributed by atoms with Crippen LogP contribution in [0.3, 0.4) is 0 Å². The zero-order valence-electron chi connectivity index (χ0n) is 21.4. The fourth-order valence-electron chi connectivity index (χ4n) is 4.42. The van der Waals surface area contributed by atoms with Crippen molar-refractivity contribution in [2.24, 2.45) is 0 Å². The monoisotopic (exact) mass is 511 g/mol. The number of aromatic nitrogens is 2. The van der Waals surface area contributed by atoms with Gasteiger partial charge in [0, 0.05) is 38.4 Å². The number of nitrogens with one attached hydrogen (secondary N) is 1. The zero-order valence-corrected chi connectivity index (χ0v) is 21.4. The van der Waals surface area contributed by atoms with E-state index in [2.05, 4.69) is 27.3 Å². The van der Waals surface area contributed by atoms with E-state index < -0.39 is 6.16 Å². The molecule has 200 valence electrons. The van der Waals surface area contributed by atoms with Crippen LogP contribution in [0.2, 0.25) is 0 Å². The van der Waals surface area contributed by atoms with Crippen LogP contribution in [-0.4, -0.2) is 76.0 Å². The van der Waals surface area contributed by atoms with E-state index in [0.29, 0.717) is 49.7 Å². The minimum atomic E-state index is -1.83. The van der Waals surface area contributed by atoms with Gasteiger partial charge in [-0.05, 0) is 25.3 Å². The molecule has 1 aliphatic heterocycles. The number of morpholine rings is 1. The van der Waals surface area contributed by atoms with Crippen LogP contribution >= 0.6 is 0 Å². The third-order valence-corrected chi connectivity index (χ3v) is 6.31. The Balaban J connectivity index is 0.000000886. The summed E-state index contributed by atoms with van der Waals surface area (Å²) in [6.07, 6.45) is 9.78. The van der Waals surface area contributed by atoms with E-state index in [1.165, 1.54) is 19.3 Å². The number of hydrogen-bond acceptors (Lipinski definition) is 7. The number of anilines is 2. The first-order valence-electron chi connectivity index (χ1n) is 12.8. The Morgan fingerprint density at radius 3 is 2.46 bits per heavy atom. The van der Waals surface area contributed by atoms with Gasteiger partial charge >= 0.3 is 6.16 Å². The molecule has 3 N–H and O–H groups in total. The molecule has 0 spiro atoms. The van der Waals surface area contributed by atoms with Gasteiger partial charge in [-0.2, -0.15) is 4.98 Å². The topological polar surface area (TPSA) is 128 Å². The van der Waals surface area contributed by atoms with Crippen LogP contribution in [0.4, 0.5) is 16.6 Å². The lowest BCUT2D eigenvalue weighted by Gasteiger charge is -2.29. The van der Waals surface area contributed by atoms with Crippen LogP contribution in [0, 0.1) is 0 Å². The van der Waals surface area contributed by atoms with Gasteiger partial charge in [0.15, 0.2) is 0 Å². The summed E-state index contributed by atoms with van der Waals surface area (Å²) in [5.74, 6) is 1.27. The van der Waals surface area contributed by atoms with Crippen molar-refractivity contribution in [3.8, 4) is 0 Å². The lowest BCUT2D eigenvalue weighted by molar-refractivity contribution is 0.0762. The van der Waals surface area contributed by atoms with E-state index in [4.69, 9.17) is 24.7 Å². The Hall–Kier alpha value is -3.66.